The Balaban J connectivity index is 2.06. The van der Waals surface area contributed by atoms with E-state index in [1.54, 1.807) is 12.1 Å². The van der Waals surface area contributed by atoms with E-state index in [0.29, 0.717) is 16.6 Å². The molecule has 2 rings (SSSR count). The van der Waals surface area contributed by atoms with Crippen molar-refractivity contribution in [3.63, 3.8) is 0 Å². The van der Waals surface area contributed by atoms with E-state index in [-0.39, 0.29) is 5.82 Å². The normalized spacial score (nSPS) is 11.2. The molecule has 0 aromatic heterocycles. The van der Waals surface area contributed by atoms with Gasteiger partial charge in [0.25, 0.3) is 0 Å². The largest absolute Gasteiger partial charge is 0.331 e. The van der Waals surface area contributed by atoms with Crippen LogP contribution in [0.4, 0.5) is 10.1 Å². The fourth-order valence-corrected chi connectivity index (χ4v) is 2.33. The fraction of sp³-hybridized carbons (Fsp3) is 0.176. The topological polar surface area (TPSA) is 36.4 Å². The van der Waals surface area contributed by atoms with E-state index in [1.807, 2.05) is 32.0 Å². The number of halogens is 2. The van der Waals surface area contributed by atoms with Crippen LogP contribution in [0.15, 0.2) is 47.6 Å². The lowest BCUT2D eigenvalue weighted by Crippen LogP contribution is -2.25. The first-order chi connectivity index (χ1) is 11.0. The van der Waals surface area contributed by atoms with Gasteiger partial charge in [0.15, 0.2) is 5.11 Å². The second-order valence-electron chi connectivity index (χ2n) is 4.90. The molecule has 0 aliphatic rings. The Kier molecular flexibility index (Phi) is 6.07. The molecule has 0 aliphatic heterocycles. The van der Waals surface area contributed by atoms with Crippen LogP contribution in [0.3, 0.4) is 0 Å². The number of hydrazone groups is 1. The highest BCUT2D eigenvalue weighted by Gasteiger charge is 2.05. The zero-order valence-electron chi connectivity index (χ0n) is 12.9. The maximum absolute atomic E-state index is 13.0. The number of thiocarbonyl (C=S) groups is 1. The Hall–Kier alpha value is -1.98. The summed E-state index contributed by atoms with van der Waals surface area (Å²) >= 11 is 11.3. The summed E-state index contributed by atoms with van der Waals surface area (Å²) in [5.74, 6) is -0.272. The molecule has 0 spiro atoms. The number of hydrogen-bond donors (Lipinski definition) is 2. The van der Waals surface area contributed by atoms with E-state index in [4.69, 9.17) is 23.8 Å². The second kappa shape index (κ2) is 8.04. The van der Waals surface area contributed by atoms with Gasteiger partial charge in [-0.1, -0.05) is 36.7 Å². The Bertz CT molecular complexity index is 729. The van der Waals surface area contributed by atoms with Gasteiger partial charge in [0, 0.05) is 10.7 Å². The van der Waals surface area contributed by atoms with Crippen LogP contribution in [0.2, 0.25) is 5.02 Å². The molecule has 0 amide bonds. The van der Waals surface area contributed by atoms with Crippen LogP contribution in [0.25, 0.3) is 0 Å². The maximum atomic E-state index is 13.0. The number of hydrogen-bond acceptors (Lipinski definition) is 2. The lowest BCUT2D eigenvalue weighted by atomic mass is 10.1. The molecular formula is C17H17ClFN3S. The van der Waals surface area contributed by atoms with Crippen molar-refractivity contribution < 1.29 is 4.39 Å². The van der Waals surface area contributed by atoms with Crippen LogP contribution in [-0.2, 0) is 0 Å². The summed E-state index contributed by atoms with van der Waals surface area (Å²) in [4.78, 5) is 0. The van der Waals surface area contributed by atoms with Gasteiger partial charge >= 0.3 is 0 Å². The predicted molar refractivity (Wildman–Crippen MR) is 98.8 cm³/mol. The second-order valence-corrected chi connectivity index (χ2v) is 5.71. The van der Waals surface area contributed by atoms with Crippen molar-refractivity contribution in [2.75, 3.05) is 5.32 Å². The lowest BCUT2D eigenvalue weighted by molar-refractivity contribution is 0.627. The third kappa shape index (κ3) is 4.74. The Morgan fingerprint density at radius 2 is 1.91 bits per heavy atom. The summed E-state index contributed by atoms with van der Waals surface area (Å²) in [5.41, 5.74) is 6.19. The molecule has 2 N–H and O–H groups in total. The molecule has 3 nitrogen and oxygen atoms in total. The smallest absolute Gasteiger partial charge is 0.191 e. The van der Waals surface area contributed by atoms with Crippen molar-refractivity contribution in [3.05, 3.63) is 64.4 Å². The van der Waals surface area contributed by atoms with Crippen LogP contribution in [0, 0.1) is 12.7 Å². The van der Waals surface area contributed by atoms with Crippen LogP contribution >= 0.6 is 23.8 Å². The minimum absolute atomic E-state index is 0.272. The minimum atomic E-state index is -0.272. The summed E-state index contributed by atoms with van der Waals surface area (Å²) in [5, 5.41) is 8.39. The first-order valence-corrected chi connectivity index (χ1v) is 7.94. The van der Waals surface area contributed by atoms with E-state index in [9.17, 15) is 4.39 Å². The van der Waals surface area contributed by atoms with Crippen LogP contribution in [-0.4, -0.2) is 10.8 Å². The van der Waals surface area contributed by atoms with Gasteiger partial charge in [-0.3, -0.25) is 5.43 Å². The van der Waals surface area contributed by atoms with Gasteiger partial charge in [0.1, 0.15) is 5.82 Å². The zero-order valence-corrected chi connectivity index (χ0v) is 14.4. The average molecular weight is 350 g/mol. The summed E-state index contributed by atoms with van der Waals surface area (Å²) in [6, 6.07) is 11.8. The number of anilines is 1. The van der Waals surface area contributed by atoms with Gasteiger partial charge < -0.3 is 5.32 Å². The van der Waals surface area contributed by atoms with Gasteiger partial charge in [-0.05, 0) is 61.0 Å². The Morgan fingerprint density at radius 1 is 1.22 bits per heavy atom. The minimum Gasteiger partial charge on any atom is -0.331 e. The van der Waals surface area contributed by atoms with Crippen molar-refractivity contribution in [2.45, 2.75) is 20.3 Å². The number of benzene rings is 2. The van der Waals surface area contributed by atoms with E-state index >= 15 is 0 Å². The summed E-state index contributed by atoms with van der Waals surface area (Å²) < 4.78 is 13.0. The summed E-state index contributed by atoms with van der Waals surface area (Å²) in [6.07, 6.45) is 0.692. The van der Waals surface area contributed by atoms with Gasteiger partial charge in [0.2, 0.25) is 0 Å². The molecule has 2 aromatic carbocycles. The quantitative estimate of drug-likeness (QED) is 0.469. The maximum Gasteiger partial charge on any atom is 0.191 e. The summed E-state index contributed by atoms with van der Waals surface area (Å²) in [7, 11) is 0. The highest BCUT2D eigenvalue weighted by Crippen LogP contribution is 2.22. The van der Waals surface area contributed by atoms with Gasteiger partial charge in [-0.15, -0.1) is 0 Å². The molecule has 0 unspecified atom stereocenters. The molecule has 2 aromatic rings. The number of nitrogens with one attached hydrogen (secondary N) is 2. The molecule has 0 aliphatic carbocycles. The molecular weight excluding hydrogens is 333 g/mol. The van der Waals surface area contributed by atoms with Crippen molar-refractivity contribution in [1.82, 2.24) is 5.43 Å². The highest BCUT2D eigenvalue weighted by atomic mass is 35.5. The molecule has 0 fully saturated rings. The SMILES string of the molecule is CC/C(=N/NC(=S)Nc1cccc(Cl)c1C)c1ccc(F)cc1. The van der Waals surface area contributed by atoms with Crippen molar-refractivity contribution in [3.8, 4) is 0 Å². The Morgan fingerprint density at radius 3 is 2.57 bits per heavy atom. The third-order valence-electron chi connectivity index (χ3n) is 3.32. The molecule has 23 heavy (non-hydrogen) atoms. The first-order valence-electron chi connectivity index (χ1n) is 7.16. The molecule has 0 saturated heterocycles. The van der Waals surface area contributed by atoms with E-state index in [1.165, 1.54) is 12.1 Å². The monoisotopic (exact) mass is 349 g/mol. The van der Waals surface area contributed by atoms with Crippen LogP contribution in [0.5, 0.6) is 0 Å². The number of nitrogens with zero attached hydrogens (tertiary/aromatic N) is 1. The Labute approximate surface area is 145 Å². The highest BCUT2D eigenvalue weighted by molar-refractivity contribution is 7.80. The zero-order chi connectivity index (χ0) is 16.8. The predicted octanol–water partition coefficient (Wildman–Crippen LogP) is 4.89. The fourth-order valence-electron chi connectivity index (χ4n) is 2.00. The van der Waals surface area contributed by atoms with E-state index in [2.05, 4.69) is 15.8 Å². The molecule has 0 atom stereocenters. The van der Waals surface area contributed by atoms with Gasteiger partial charge in [-0.2, -0.15) is 5.10 Å². The average Bonchev–Trinajstić information content (AvgIpc) is 2.54. The molecule has 0 radical (unpaired) electrons. The molecule has 0 heterocycles. The molecule has 0 bridgehead atoms. The number of rotatable bonds is 4. The summed E-state index contributed by atoms with van der Waals surface area (Å²) in [6.45, 7) is 3.88. The van der Waals surface area contributed by atoms with Crippen LogP contribution < -0.4 is 10.7 Å². The van der Waals surface area contributed by atoms with E-state index < -0.39 is 0 Å². The lowest BCUT2D eigenvalue weighted by Gasteiger charge is -2.12. The third-order valence-corrected chi connectivity index (χ3v) is 3.92. The first kappa shape index (κ1) is 17.4. The van der Waals surface area contributed by atoms with E-state index in [0.717, 1.165) is 22.5 Å². The molecule has 120 valence electrons. The van der Waals surface area contributed by atoms with Crippen LogP contribution in [0.1, 0.15) is 24.5 Å². The van der Waals surface area contributed by atoms with Crippen molar-refractivity contribution >= 4 is 40.3 Å². The van der Waals surface area contributed by atoms with Crippen molar-refractivity contribution in [2.24, 2.45) is 5.10 Å². The van der Waals surface area contributed by atoms with Gasteiger partial charge in [0.05, 0.1) is 5.71 Å². The standard InChI is InChI=1S/C17H17ClFN3S/c1-3-15(12-7-9-13(19)10-8-12)21-22-17(23)20-16-6-4-5-14(18)11(16)2/h4-10H,3H2,1-2H3,(H2,20,22,23)/b21-15-. The molecule has 6 heteroatoms. The van der Waals surface area contributed by atoms with Gasteiger partial charge in [-0.25, -0.2) is 4.39 Å². The molecule has 0 saturated carbocycles. The van der Waals surface area contributed by atoms with Crippen molar-refractivity contribution in [1.29, 1.82) is 0 Å².